The Morgan fingerprint density at radius 1 is 1.02 bits per heavy atom. The fourth-order valence-corrected chi connectivity index (χ4v) is 5.89. The van der Waals surface area contributed by atoms with Gasteiger partial charge in [0.25, 0.3) is 5.69 Å². The molecule has 0 radical (unpaired) electrons. The van der Waals surface area contributed by atoms with Crippen LogP contribution in [0.4, 0.5) is 5.69 Å². The van der Waals surface area contributed by atoms with Gasteiger partial charge in [0.1, 0.15) is 11.9 Å². The number of sulfonamides is 1. The van der Waals surface area contributed by atoms with E-state index < -0.39 is 50.4 Å². The fourth-order valence-electron chi connectivity index (χ4n) is 4.20. The van der Waals surface area contributed by atoms with E-state index in [1.165, 1.54) is 0 Å². The Hall–Kier alpha value is -3.06. The van der Waals surface area contributed by atoms with Gasteiger partial charge in [-0.05, 0) is 35.4 Å². The number of benzene rings is 2. The zero-order valence-corrected chi connectivity index (χ0v) is 25.5. The number of hydrogen-bond donors (Lipinski definition) is 3. The molecule has 2 aromatic carbocycles. The molecule has 0 heterocycles. The van der Waals surface area contributed by atoms with Gasteiger partial charge in [-0.3, -0.25) is 19.7 Å². The summed E-state index contributed by atoms with van der Waals surface area (Å²) in [4.78, 5) is 35.8. The molecule has 0 aliphatic carbocycles. The third-order valence-corrected chi connectivity index (χ3v) is 8.38. The van der Waals surface area contributed by atoms with Gasteiger partial charge < -0.3 is 15.7 Å². The Bertz CT molecular complexity index is 1280. The molecule has 0 saturated carbocycles. The lowest BCUT2D eigenvalue weighted by molar-refractivity contribution is -0.384. The van der Waals surface area contributed by atoms with Crippen molar-refractivity contribution in [3.8, 4) is 0 Å². The predicted octanol–water partition coefficient (Wildman–Crippen LogP) is 3.10. The number of aliphatic hydroxyl groups is 1. The fraction of sp³-hybridized carbons (Fsp3) is 0.500. The average molecular weight is 611 g/mol. The van der Waals surface area contributed by atoms with Crippen LogP contribution in [-0.2, 0) is 26.0 Å². The van der Waals surface area contributed by atoms with E-state index in [9.17, 15) is 33.2 Å². The first-order valence-electron chi connectivity index (χ1n) is 13.2. The van der Waals surface area contributed by atoms with Gasteiger partial charge in [0.15, 0.2) is 0 Å². The van der Waals surface area contributed by atoms with Crippen molar-refractivity contribution in [2.45, 2.75) is 64.1 Å². The second-order valence-corrected chi connectivity index (χ2v) is 13.5. The van der Waals surface area contributed by atoms with Crippen molar-refractivity contribution in [1.82, 2.24) is 14.9 Å². The van der Waals surface area contributed by atoms with E-state index in [1.54, 1.807) is 20.8 Å². The van der Waals surface area contributed by atoms with Gasteiger partial charge in [-0.15, -0.1) is 11.6 Å². The normalized spacial score (nSPS) is 14.4. The van der Waals surface area contributed by atoms with Gasteiger partial charge in [0, 0.05) is 25.2 Å². The number of nitro groups is 1. The van der Waals surface area contributed by atoms with Crippen molar-refractivity contribution in [2.24, 2.45) is 11.3 Å². The van der Waals surface area contributed by atoms with E-state index >= 15 is 0 Å². The quantitative estimate of drug-likeness (QED) is 0.168. The molecule has 2 rings (SSSR count). The largest absolute Gasteiger partial charge is 0.390 e. The number of non-ortho nitro benzene ring substituents is 1. The van der Waals surface area contributed by atoms with Crippen molar-refractivity contribution >= 4 is 39.1 Å². The Labute approximate surface area is 246 Å². The lowest BCUT2D eigenvalue weighted by atomic mass is 9.85. The summed E-state index contributed by atoms with van der Waals surface area (Å²) in [5.41, 5.74) is -0.154. The number of nitrogens with zero attached hydrogens (tertiary/aromatic N) is 2. The second-order valence-electron chi connectivity index (χ2n) is 11.3. The maximum absolute atomic E-state index is 13.6. The number of carbonyl (C=O) groups excluding carboxylic acids is 2. The SMILES string of the molecule is CC(C)CN(CC(O)C(Cc1ccccc1)NC(=O)C(NC(=O)CCl)C(C)(C)C)S(=O)(=O)c1ccc([N+](=O)[O-])cc1. The molecule has 0 aliphatic heterocycles. The smallest absolute Gasteiger partial charge is 0.269 e. The molecule has 41 heavy (non-hydrogen) atoms. The number of alkyl halides is 1. The van der Waals surface area contributed by atoms with E-state index in [-0.39, 0.29) is 41.9 Å². The van der Waals surface area contributed by atoms with Crippen LogP contribution in [0.5, 0.6) is 0 Å². The number of nitro benzene ring substituents is 1. The summed E-state index contributed by atoms with van der Waals surface area (Å²) < 4.78 is 28.3. The molecular weight excluding hydrogens is 572 g/mol. The number of nitrogens with one attached hydrogen (secondary N) is 2. The molecule has 0 saturated heterocycles. The van der Waals surface area contributed by atoms with Crippen molar-refractivity contribution in [3.05, 3.63) is 70.3 Å². The van der Waals surface area contributed by atoms with E-state index in [2.05, 4.69) is 10.6 Å². The summed E-state index contributed by atoms with van der Waals surface area (Å²) in [6.07, 6.45) is -1.17. The summed E-state index contributed by atoms with van der Waals surface area (Å²) >= 11 is 5.65. The number of rotatable bonds is 14. The van der Waals surface area contributed by atoms with Crippen molar-refractivity contribution in [2.75, 3.05) is 19.0 Å². The summed E-state index contributed by atoms with van der Waals surface area (Å²) in [5.74, 6) is -1.53. The average Bonchev–Trinajstić information content (AvgIpc) is 2.90. The monoisotopic (exact) mass is 610 g/mol. The van der Waals surface area contributed by atoms with Gasteiger partial charge in [-0.2, -0.15) is 4.31 Å². The van der Waals surface area contributed by atoms with E-state index in [0.29, 0.717) is 0 Å². The molecule has 3 N–H and O–H groups in total. The summed E-state index contributed by atoms with van der Waals surface area (Å²) in [6, 6.07) is 11.7. The number of carbonyl (C=O) groups is 2. The molecule has 226 valence electrons. The van der Waals surface area contributed by atoms with Gasteiger partial charge in [-0.25, -0.2) is 8.42 Å². The van der Waals surface area contributed by atoms with Crippen LogP contribution in [0.25, 0.3) is 0 Å². The van der Waals surface area contributed by atoms with E-state index in [0.717, 1.165) is 34.1 Å². The molecule has 0 fully saturated rings. The van der Waals surface area contributed by atoms with Crippen LogP contribution in [0.3, 0.4) is 0 Å². The number of hydrogen-bond acceptors (Lipinski definition) is 7. The zero-order chi connectivity index (χ0) is 31.0. The molecule has 13 heteroatoms. The first-order chi connectivity index (χ1) is 19.1. The molecule has 3 unspecified atom stereocenters. The van der Waals surface area contributed by atoms with Crippen LogP contribution >= 0.6 is 11.6 Å². The predicted molar refractivity (Wildman–Crippen MR) is 157 cm³/mol. The van der Waals surface area contributed by atoms with Crippen LogP contribution in [0.15, 0.2) is 59.5 Å². The molecule has 3 atom stereocenters. The molecule has 2 amide bonds. The molecule has 2 aromatic rings. The van der Waals surface area contributed by atoms with Crippen molar-refractivity contribution < 1.29 is 28.0 Å². The maximum Gasteiger partial charge on any atom is 0.269 e. The Morgan fingerprint density at radius 3 is 2.10 bits per heavy atom. The Kier molecular flexibility index (Phi) is 12.3. The highest BCUT2D eigenvalue weighted by Crippen LogP contribution is 2.23. The zero-order valence-electron chi connectivity index (χ0n) is 23.9. The Morgan fingerprint density at radius 2 is 1.61 bits per heavy atom. The summed E-state index contributed by atoms with van der Waals surface area (Å²) in [6.45, 7) is 8.66. The third kappa shape index (κ3) is 10.1. The first kappa shape index (κ1) is 34.1. The lowest BCUT2D eigenvalue weighted by Crippen LogP contribution is -2.59. The van der Waals surface area contributed by atoms with Crippen LogP contribution in [0, 0.1) is 21.4 Å². The highest BCUT2D eigenvalue weighted by atomic mass is 35.5. The standard InChI is InChI=1S/C28H39ClN4O7S/c1-19(2)17-32(41(39,40)22-13-11-21(12-14-22)33(37)38)18-24(34)23(15-20-9-7-6-8-10-20)30-27(36)26(28(3,4)5)31-25(35)16-29/h6-14,19,23-24,26,34H,15-18H2,1-5H3,(H,30,36)(H,31,35). The summed E-state index contributed by atoms with van der Waals surface area (Å²) in [7, 11) is -4.16. The van der Waals surface area contributed by atoms with Crippen LogP contribution in [-0.4, -0.2) is 71.7 Å². The van der Waals surface area contributed by atoms with Crippen LogP contribution < -0.4 is 10.6 Å². The minimum absolute atomic E-state index is 0.0543. The van der Waals surface area contributed by atoms with Gasteiger partial charge >= 0.3 is 0 Å². The third-order valence-electron chi connectivity index (χ3n) is 6.29. The van der Waals surface area contributed by atoms with Gasteiger partial charge in [0.05, 0.1) is 22.0 Å². The lowest BCUT2D eigenvalue weighted by Gasteiger charge is -2.34. The summed E-state index contributed by atoms with van der Waals surface area (Å²) in [5, 5.41) is 27.9. The number of aliphatic hydroxyl groups excluding tert-OH is 1. The topological polar surface area (TPSA) is 159 Å². The molecular formula is C28H39ClN4O7S. The highest BCUT2D eigenvalue weighted by Gasteiger charge is 2.36. The Balaban J connectivity index is 2.42. The van der Waals surface area contributed by atoms with Crippen LogP contribution in [0.1, 0.15) is 40.2 Å². The van der Waals surface area contributed by atoms with E-state index in [4.69, 9.17) is 11.6 Å². The molecule has 0 aliphatic rings. The molecule has 0 bridgehead atoms. The second kappa shape index (κ2) is 14.7. The number of amides is 2. The van der Waals surface area contributed by atoms with Crippen LogP contribution in [0.2, 0.25) is 0 Å². The maximum atomic E-state index is 13.6. The van der Waals surface area contributed by atoms with Crippen molar-refractivity contribution in [3.63, 3.8) is 0 Å². The van der Waals surface area contributed by atoms with Gasteiger partial charge in [-0.1, -0.05) is 65.0 Å². The first-order valence-corrected chi connectivity index (χ1v) is 15.2. The molecule has 0 aromatic heterocycles. The van der Waals surface area contributed by atoms with Gasteiger partial charge in [0.2, 0.25) is 21.8 Å². The molecule has 11 nitrogen and oxygen atoms in total. The molecule has 0 spiro atoms. The van der Waals surface area contributed by atoms with E-state index in [1.807, 2.05) is 44.2 Å². The minimum atomic E-state index is -4.16. The van der Waals surface area contributed by atoms with Crippen molar-refractivity contribution in [1.29, 1.82) is 0 Å². The number of halogens is 1. The minimum Gasteiger partial charge on any atom is -0.390 e. The highest BCUT2D eigenvalue weighted by molar-refractivity contribution is 7.89.